The van der Waals surface area contributed by atoms with Crippen LogP contribution in [0.4, 0.5) is 5.69 Å². The number of sulfonamides is 1. The van der Waals surface area contributed by atoms with Crippen molar-refractivity contribution in [3.63, 3.8) is 0 Å². The van der Waals surface area contributed by atoms with Crippen LogP contribution in [0.25, 0.3) is 6.08 Å². The minimum Gasteiger partial charge on any atom is -0.495 e. The molecule has 2 aromatic carbocycles. The predicted molar refractivity (Wildman–Crippen MR) is 116 cm³/mol. The molecule has 2 N–H and O–H groups in total. The van der Waals surface area contributed by atoms with Gasteiger partial charge in [-0.3, -0.25) is 4.79 Å². The van der Waals surface area contributed by atoms with Crippen LogP contribution in [0.3, 0.4) is 0 Å². The molecule has 156 valence electrons. The van der Waals surface area contributed by atoms with E-state index in [1.54, 1.807) is 18.2 Å². The zero-order valence-corrected chi connectivity index (χ0v) is 17.9. The van der Waals surface area contributed by atoms with Crippen LogP contribution in [0, 0.1) is 0 Å². The van der Waals surface area contributed by atoms with Crippen LogP contribution >= 0.6 is 0 Å². The third-order valence-corrected chi connectivity index (χ3v) is 5.68. The second-order valence-corrected chi connectivity index (χ2v) is 8.55. The van der Waals surface area contributed by atoms with Gasteiger partial charge in [-0.05, 0) is 69.0 Å². The van der Waals surface area contributed by atoms with Crippen LogP contribution in [-0.2, 0) is 21.2 Å². The number of hydrogen-bond donors (Lipinski definition) is 2. The number of ether oxygens (including phenoxy) is 1. The van der Waals surface area contributed by atoms with Crippen molar-refractivity contribution in [1.29, 1.82) is 0 Å². The minimum absolute atomic E-state index is 0.0124. The highest BCUT2D eigenvalue weighted by molar-refractivity contribution is 7.89. The van der Waals surface area contributed by atoms with Crippen molar-refractivity contribution >= 4 is 27.7 Å². The number of nitrogens with zero attached hydrogens (tertiary/aromatic N) is 1. The number of rotatable bonds is 9. The molecular weight excluding hydrogens is 390 g/mol. The van der Waals surface area contributed by atoms with E-state index in [1.807, 2.05) is 38.4 Å². The first-order valence-electron chi connectivity index (χ1n) is 9.09. The summed E-state index contributed by atoms with van der Waals surface area (Å²) >= 11 is 0. The number of carbonyl (C=O) groups is 1. The van der Waals surface area contributed by atoms with Gasteiger partial charge in [0, 0.05) is 18.3 Å². The number of carbonyl (C=O) groups excluding carboxylic acids is 1. The van der Waals surface area contributed by atoms with Crippen LogP contribution in [-0.4, -0.2) is 54.0 Å². The molecule has 0 spiro atoms. The van der Waals surface area contributed by atoms with Gasteiger partial charge in [-0.15, -0.1) is 0 Å². The largest absolute Gasteiger partial charge is 0.495 e. The van der Waals surface area contributed by atoms with Gasteiger partial charge in [0.2, 0.25) is 15.9 Å². The van der Waals surface area contributed by atoms with Gasteiger partial charge in [0.25, 0.3) is 0 Å². The molecule has 2 aromatic rings. The molecule has 0 fully saturated rings. The lowest BCUT2D eigenvalue weighted by molar-refractivity contribution is -0.111. The Balaban J connectivity index is 2.06. The fraction of sp³-hybridized carbons (Fsp3) is 0.286. The minimum atomic E-state index is -3.68. The van der Waals surface area contributed by atoms with Gasteiger partial charge in [0.1, 0.15) is 10.6 Å². The zero-order chi connectivity index (χ0) is 21.4. The lowest BCUT2D eigenvalue weighted by Gasteiger charge is -2.10. The van der Waals surface area contributed by atoms with Gasteiger partial charge in [-0.1, -0.05) is 18.2 Å². The SMILES string of the molecule is CNS(=O)(=O)c1cc(/C=C/C(=O)Nc2ccc(CCN(C)C)cc2)ccc1OC. The smallest absolute Gasteiger partial charge is 0.248 e. The Hall–Kier alpha value is -2.68. The number of methoxy groups -OCH3 is 1. The molecule has 0 atom stereocenters. The molecule has 1 amide bonds. The monoisotopic (exact) mass is 417 g/mol. The molecule has 0 aliphatic rings. The number of benzene rings is 2. The molecule has 0 aliphatic heterocycles. The summed E-state index contributed by atoms with van der Waals surface area (Å²) in [4.78, 5) is 14.3. The summed E-state index contributed by atoms with van der Waals surface area (Å²) in [5.41, 5.74) is 2.46. The third kappa shape index (κ3) is 6.70. The average Bonchev–Trinajstić information content (AvgIpc) is 2.71. The fourth-order valence-corrected chi connectivity index (χ4v) is 3.51. The molecule has 0 aromatic heterocycles. The molecule has 0 aliphatic carbocycles. The molecule has 0 saturated heterocycles. The Morgan fingerprint density at radius 3 is 2.41 bits per heavy atom. The first-order chi connectivity index (χ1) is 13.7. The second kappa shape index (κ2) is 10.2. The standard InChI is InChI=1S/C21H27N3O4S/c1-22-29(26,27)20-15-17(7-11-19(20)28-4)8-12-21(25)23-18-9-5-16(6-10-18)13-14-24(2)3/h5-12,15,22H,13-14H2,1-4H3,(H,23,25)/b12-8+. The Bertz CT molecular complexity index is 968. The number of anilines is 1. The van der Waals surface area contributed by atoms with Crippen molar-refractivity contribution in [3.8, 4) is 5.75 Å². The highest BCUT2D eigenvalue weighted by Gasteiger charge is 2.17. The molecule has 0 heterocycles. The number of amides is 1. The van der Waals surface area contributed by atoms with Gasteiger partial charge < -0.3 is 15.0 Å². The Kier molecular flexibility index (Phi) is 7.95. The van der Waals surface area contributed by atoms with Gasteiger partial charge in [-0.25, -0.2) is 13.1 Å². The molecule has 0 unspecified atom stereocenters. The molecule has 29 heavy (non-hydrogen) atoms. The number of nitrogens with one attached hydrogen (secondary N) is 2. The van der Waals surface area contributed by atoms with E-state index in [1.165, 1.54) is 31.9 Å². The zero-order valence-electron chi connectivity index (χ0n) is 17.1. The Labute approximate surface area is 172 Å². The lowest BCUT2D eigenvalue weighted by Crippen LogP contribution is -2.19. The van der Waals surface area contributed by atoms with Crippen LogP contribution in [0.2, 0.25) is 0 Å². The molecule has 0 bridgehead atoms. The number of likely N-dealkylation sites (N-methyl/N-ethyl adjacent to an activating group) is 1. The van der Waals surface area contributed by atoms with Crippen LogP contribution in [0.5, 0.6) is 5.75 Å². The third-order valence-electron chi connectivity index (χ3n) is 4.24. The Morgan fingerprint density at radius 2 is 1.83 bits per heavy atom. The van der Waals surface area contributed by atoms with Gasteiger partial charge in [0.15, 0.2) is 0 Å². The summed E-state index contributed by atoms with van der Waals surface area (Å²) in [7, 11) is 3.11. The second-order valence-electron chi connectivity index (χ2n) is 6.69. The summed E-state index contributed by atoms with van der Waals surface area (Å²) in [6.07, 6.45) is 3.85. The summed E-state index contributed by atoms with van der Waals surface area (Å²) in [5, 5.41) is 2.79. The van der Waals surface area contributed by atoms with E-state index < -0.39 is 10.0 Å². The van der Waals surface area contributed by atoms with Crippen molar-refractivity contribution < 1.29 is 17.9 Å². The molecular formula is C21H27N3O4S. The van der Waals surface area contributed by atoms with Crippen molar-refractivity contribution in [2.45, 2.75) is 11.3 Å². The highest BCUT2D eigenvalue weighted by Crippen LogP contribution is 2.25. The van der Waals surface area contributed by atoms with Crippen molar-refractivity contribution in [2.75, 3.05) is 40.1 Å². The van der Waals surface area contributed by atoms with E-state index in [9.17, 15) is 13.2 Å². The molecule has 8 heteroatoms. The molecule has 2 rings (SSSR count). The summed E-state index contributed by atoms with van der Waals surface area (Å²) < 4.78 is 31.6. The Morgan fingerprint density at radius 1 is 1.14 bits per heavy atom. The summed E-state index contributed by atoms with van der Waals surface area (Å²) in [5.74, 6) is -0.0739. The lowest BCUT2D eigenvalue weighted by atomic mass is 10.1. The van der Waals surface area contributed by atoms with Crippen molar-refractivity contribution in [1.82, 2.24) is 9.62 Å². The van der Waals surface area contributed by atoms with E-state index in [0.29, 0.717) is 11.3 Å². The van der Waals surface area contributed by atoms with Crippen LogP contribution in [0.15, 0.2) is 53.4 Å². The predicted octanol–water partition coefficient (Wildman–Crippen LogP) is 2.36. The van der Waals surface area contributed by atoms with Gasteiger partial charge >= 0.3 is 0 Å². The maximum atomic E-state index is 12.2. The van der Waals surface area contributed by atoms with Crippen LogP contribution in [0.1, 0.15) is 11.1 Å². The fourth-order valence-electron chi connectivity index (χ4n) is 2.58. The quantitative estimate of drug-likeness (QED) is 0.612. The topological polar surface area (TPSA) is 87.7 Å². The first-order valence-corrected chi connectivity index (χ1v) is 10.6. The van der Waals surface area contributed by atoms with Gasteiger partial charge in [-0.2, -0.15) is 0 Å². The van der Waals surface area contributed by atoms with E-state index in [2.05, 4.69) is 14.9 Å². The van der Waals surface area contributed by atoms with E-state index >= 15 is 0 Å². The average molecular weight is 418 g/mol. The molecule has 7 nitrogen and oxygen atoms in total. The normalized spacial score (nSPS) is 11.8. The highest BCUT2D eigenvalue weighted by atomic mass is 32.2. The van der Waals surface area contributed by atoms with E-state index in [4.69, 9.17) is 4.74 Å². The number of hydrogen-bond acceptors (Lipinski definition) is 5. The van der Waals surface area contributed by atoms with E-state index in [0.717, 1.165) is 13.0 Å². The van der Waals surface area contributed by atoms with Gasteiger partial charge in [0.05, 0.1) is 7.11 Å². The van der Waals surface area contributed by atoms with E-state index in [-0.39, 0.29) is 16.6 Å². The first kappa shape index (κ1) is 22.6. The summed E-state index contributed by atoms with van der Waals surface area (Å²) in [6.45, 7) is 0.960. The van der Waals surface area contributed by atoms with Crippen LogP contribution < -0.4 is 14.8 Å². The van der Waals surface area contributed by atoms with Crippen molar-refractivity contribution in [3.05, 3.63) is 59.7 Å². The van der Waals surface area contributed by atoms with Crippen molar-refractivity contribution in [2.24, 2.45) is 0 Å². The molecule has 0 radical (unpaired) electrons. The maximum absolute atomic E-state index is 12.2. The maximum Gasteiger partial charge on any atom is 0.248 e. The summed E-state index contributed by atoms with van der Waals surface area (Å²) in [6, 6.07) is 12.4. The molecule has 0 saturated carbocycles.